The van der Waals surface area contributed by atoms with Crippen molar-refractivity contribution in [1.82, 2.24) is 19.7 Å². The van der Waals surface area contributed by atoms with Crippen LogP contribution in [0.15, 0.2) is 60.8 Å². The van der Waals surface area contributed by atoms with E-state index in [1.54, 1.807) is 11.1 Å². The number of carboxylic acids is 1. The van der Waals surface area contributed by atoms with Gasteiger partial charge in [0.05, 0.1) is 27.7 Å². The molecule has 4 unspecified atom stereocenters. The highest BCUT2D eigenvalue weighted by Crippen LogP contribution is 2.67. The van der Waals surface area contributed by atoms with Crippen molar-refractivity contribution in [1.29, 1.82) is 0 Å². The third-order valence-corrected chi connectivity index (χ3v) is 12.8. The molecule has 2 aromatic carbocycles. The number of aromatic nitrogens is 4. The third-order valence-electron chi connectivity index (χ3n) is 11.9. The number of pyridine rings is 1. The van der Waals surface area contributed by atoms with Crippen LogP contribution < -0.4 is 16.1 Å². The molecule has 5 aliphatic rings. The Balaban J connectivity index is 0.995. The first-order valence-electron chi connectivity index (χ1n) is 17.8. The first-order chi connectivity index (χ1) is 24.5. The molecule has 2 amide bonds. The Bertz CT molecular complexity index is 2200. The number of rotatable bonds is 7. The SMILES string of the molecule is Cc1c(-c2ccc(-c3ccc4c(c3)N(C(=O)Nc3nc5ccccc5s3)CCC4)nc2C(=O)O)cnn1CC12CC3CC(C)(C1)CC(ON)(C3)C2. The summed E-state index contributed by atoms with van der Waals surface area (Å²) in [6, 6.07) is 17.1. The number of carboxylic acid groups (broad SMARTS) is 1. The Kier molecular flexibility index (Phi) is 7.40. The summed E-state index contributed by atoms with van der Waals surface area (Å²) in [6.45, 7) is 5.70. The zero-order chi connectivity index (χ0) is 35.1. The van der Waals surface area contributed by atoms with Crippen LogP contribution in [0.3, 0.4) is 0 Å². The molecule has 262 valence electrons. The van der Waals surface area contributed by atoms with E-state index in [0.717, 1.165) is 89.8 Å². The summed E-state index contributed by atoms with van der Waals surface area (Å²) >= 11 is 1.44. The van der Waals surface area contributed by atoms with E-state index in [0.29, 0.717) is 28.9 Å². The molecule has 3 aromatic heterocycles. The smallest absolute Gasteiger partial charge is 0.355 e. The minimum atomic E-state index is -1.11. The van der Waals surface area contributed by atoms with Crippen molar-refractivity contribution < 1.29 is 19.5 Å². The highest BCUT2D eigenvalue weighted by Gasteiger charge is 2.62. The number of benzene rings is 2. The molecule has 4 atom stereocenters. The first-order valence-corrected chi connectivity index (χ1v) is 18.6. The number of anilines is 2. The van der Waals surface area contributed by atoms with E-state index in [-0.39, 0.29) is 28.2 Å². The molecule has 12 heteroatoms. The minimum absolute atomic E-state index is 0.0314. The lowest BCUT2D eigenvalue weighted by molar-refractivity contribution is -0.224. The van der Waals surface area contributed by atoms with E-state index in [4.69, 9.17) is 20.8 Å². The lowest BCUT2D eigenvalue weighted by Gasteiger charge is -2.65. The van der Waals surface area contributed by atoms with Crippen LogP contribution >= 0.6 is 11.3 Å². The van der Waals surface area contributed by atoms with Gasteiger partial charge in [0.2, 0.25) is 0 Å². The maximum Gasteiger partial charge on any atom is 0.355 e. The van der Waals surface area contributed by atoms with E-state index >= 15 is 0 Å². The Labute approximate surface area is 299 Å². The molecule has 0 spiro atoms. The first kappa shape index (κ1) is 32.3. The largest absolute Gasteiger partial charge is 0.476 e. The minimum Gasteiger partial charge on any atom is -0.476 e. The van der Waals surface area contributed by atoms with Crippen LogP contribution in [0, 0.1) is 23.7 Å². The van der Waals surface area contributed by atoms with Gasteiger partial charge < -0.3 is 5.11 Å². The molecule has 4 saturated carbocycles. The summed E-state index contributed by atoms with van der Waals surface area (Å²) in [4.78, 5) is 43.0. The predicted octanol–water partition coefficient (Wildman–Crippen LogP) is 7.83. The van der Waals surface area contributed by atoms with Gasteiger partial charge in [-0.15, -0.1) is 0 Å². The zero-order valence-corrected chi connectivity index (χ0v) is 29.6. The Hall–Kier alpha value is -4.65. The number of carbonyl (C=O) groups is 2. The van der Waals surface area contributed by atoms with Gasteiger partial charge in [0.15, 0.2) is 10.8 Å². The molecule has 1 aliphatic heterocycles. The maximum absolute atomic E-state index is 13.6. The number of fused-ring (bicyclic) bond motifs is 2. The molecule has 4 N–H and O–H groups in total. The molecule has 4 fully saturated rings. The maximum atomic E-state index is 13.6. The zero-order valence-electron chi connectivity index (χ0n) is 28.8. The van der Waals surface area contributed by atoms with Crippen molar-refractivity contribution in [3.05, 3.63) is 77.7 Å². The predicted molar refractivity (Wildman–Crippen MR) is 197 cm³/mol. The van der Waals surface area contributed by atoms with E-state index in [1.807, 2.05) is 66.2 Å². The molecule has 0 radical (unpaired) electrons. The summed E-state index contributed by atoms with van der Waals surface area (Å²) in [6.07, 6.45) is 9.91. The van der Waals surface area contributed by atoms with Crippen LogP contribution in [0.4, 0.5) is 15.6 Å². The molecule has 5 aromatic rings. The van der Waals surface area contributed by atoms with Crippen molar-refractivity contribution >= 4 is 44.4 Å². The van der Waals surface area contributed by atoms with Gasteiger partial charge in [0.1, 0.15) is 0 Å². The number of amides is 2. The number of hydrogen-bond acceptors (Lipinski definition) is 8. The second-order valence-electron chi connectivity index (χ2n) is 15.8. The molecule has 4 bridgehead atoms. The van der Waals surface area contributed by atoms with Gasteiger partial charge in [-0.3, -0.25) is 19.7 Å². The monoisotopic (exact) mass is 703 g/mol. The third kappa shape index (κ3) is 5.51. The van der Waals surface area contributed by atoms with Crippen molar-refractivity contribution in [2.45, 2.75) is 77.4 Å². The van der Waals surface area contributed by atoms with Gasteiger partial charge in [0, 0.05) is 41.2 Å². The average Bonchev–Trinajstić information content (AvgIpc) is 3.68. The van der Waals surface area contributed by atoms with Gasteiger partial charge in [-0.25, -0.2) is 25.5 Å². The number of nitrogens with two attached hydrogens (primary N) is 1. The molecule has 4 heterocycles. The topological polar surface area (TPSA) is 148 Å². The number of aromatic carboxylic acids is 1. The van der Waals surface area contributed by atoms with Crippen LogP contribution in [-0.2, 0) is 17.8 Å². The summed E-state index contributed by atoms with van der Waals surface area (Å²) in [5.74, 6) is 5.43. The van der Waals surface area contributed by atoms with Crippen molar-refractivity contribution in [3.63, 3.8) is 0 Å². The van der Waals surface area contributed by atoms with E-state index in [9.17, 15) is 14.7 Å². The summed E-state index contributed by atoms with van der Waals surface area (Å²) < 4.78 is 3.06. The second kappa shape index (κ2) is 11.7. The number of carbonyl (C=O) groups excluding carboxylic acids is 1. The lowest BCUT2D eigenvalue weighted by Crippen LogP contribution is -2.62. The summed E-state index contributed by atoms with van der Waals surface area (Å²) in [7, 11) is 0. The standard InChI is InChI=1S/C39H41N7O4S/c1-23-28(18-41-46(23)22-38-16-24-15-37(2,19-38)20-39(17-24,21-38)50-40)27-11-12-29(42-33(27)34(47)48)26-10-9-25-6-5-13-45(31(25)14-26)36(49)44-35-43-30-7-3-4-8-32(30)51-35/h3-4,7-12,14,18,24H,5-6,13,15-17,19-22,40H2,1-2H3,(H,47,48)(H,43,44,49). The average molecular weight is 704 g/mol. The summed E-state index contributed by atoms with van der Waals surface area (Å²) in [5.41, 5.74) is 6.13. The Morgan fingerprint density at radius 1 is 1.06 bits per heavy atom. The molecule has 10 rings (SSSR count). The van der Waals surface area contributed by atoms with Crippen molar-refractivity contribution in [2.75, 3.05) is 16.8 Å². The highest BCUT2D eigenvalue weighted by molar-refractivity contribution is 7.22. The number of para-hydroxylation sites is 1. The van der Waals surface area contributed by atoms with Crippen LogP contribution in [0.25, 0.3) is 32.6 Å². The van der Waals surface area contributed by atoms with Gasteiger partial charge in [-0.2, -0.15) is 5.10 Å². The fourth-order valence-electron chi connectivity index (χ4n) is 10.6. The van der Waals surface area contributed by atoms with Crippen LogP contribution in [-0.4, -0.2) is 49.0 Å². The second-order valence-corrected chi connectivity index (χ2v) is 16.9. The molecule has 51 heavy (non-hydrogen) atoms. The van der Waals surface area contributed by atoms with Crippen LogP contribution in [0.5, 0.6) is 0 Å². The normalized spacial score (nSPS) is 26.4. The van der Waals surface area contributed by atoms with Crippen molar-refractivity contribution in [3.8, 4) is 22.4 Å². The quantitative estimate of drug-likeness (QED) is 0.145. The number of aryl methyl sites for hydroxylation is 1. The molecular formula is C39H41N7O4S. The van der Waals surface area contributed by atoms with Gasteiger partial charge in [-0.1, -0.05) is 42.5 Å². The number of urea groups is 1. The molecular weight excluding hydrogens is 663 g/mol. The van der Waals surface area contributed by atoms with E-state index in [2.05, 4.69) is 17.2 Å². The number of nitrogens with zero attached hydrogens (tertiary/aromatic N) is 5. The number of thiazole rings is 1. The van der Waals surface area contributed by atoms with E-state index in [1.165, 1.54) is 17.8 Å². The number of hydrogen-bond donors (Lipinski definition) is 3. The highest BCUT2D eigenvalue weighted by atomic mass is 32.1. The molecule has 11 nitrogen and oxygen atoms in total. The van der Waals surface area contributed by atoms with Gasteiger partial charge in [0.25, 0.3) is 0 Å². The fourth-order valence-corrected chi connectivity index (χ4v) is 11.4. The van der Waals surface area contributed by atoms with Crippen LogP contribution in [0.2, 0.25) is 0 Å². The number of nitrogens with one attached hydrogen (secondary N) is 1. The Morgan fingerprint density at radius 3 is 2.73 bits per heavy atom. The van der Waals surface area contributed by atoms with E-state index < -0.39 is 5.97 Å². The van der Waals surface area contributed by atoms with Crippen LogP contribution in [0.1, 0.15) is 73.6 Å². The van der Waals surface area contributed by atoms with Crippen molar-refractivity contribution in [2.24, 2.45) is 22.6 Å². The van der Waals surface area contributed by atoms with Gasteiger partial charge in [-0.05, 0) is 111 Å². The van der Waals surface area contributed by atoms with Gasteiger partial charge >= 0.3 is 12.0 Å². The fraction of sp³-hybridized carbons (Fsp3) is 0.410. The molecule has 0 saturated heterocycles. The Morgan fingerprint density at radius 2 is 1.92 bits per heavy atom. The lowest BCUT2D eigenvalue weighted by atomic mass is 9.43. The molecule has 4 aliphatic carbocycles. The summed E-state index contributed by atoms with van der Waals surface area (Å²) in [5, 5.41) is 18.8.